The molecule has 0 aliphatic carbocycles. The minimum atomic E-state index is -3.88. The zero-order chi connectivity index (χ0) is 23.3. The molecule has 1 N–H and O–H groups in total. The van der Waals surface area contributed by atoms with Crippen LogP contribution >= 0.6 is 0 Å². The Morgan fingerprint density at radius 2 is 1.84 bits per heavy atom. The minimum Gasteiger partial charge on any atom is -0.490 e. The van der Waals surface area contributed by atoms with Crippen molar-refractivity contribution in [2.75, 3.05) is 20.7 Å². The first-order valence-corrected chi connectivity index (χ1v) is 10.6. The van der Waals surface area contributed by atoms with Crippen molar-refractivity contribution in [1.29, 1.82) is 0 Å². The number of aryl methyl sites for hydroxylation is 3. The summed E-state index contributed by atoms with van der Waals surface area (Å²) in [6.45, 7) is 4.84. The molecule has 0 fully saturated rings. The summed E-state index contributed by atoms with van der Waals surface area (Å²) in [5.74, 6) is -0.563. The van der Waals surface area contributed by atoms with E-state index in [1.807, 2.05) is 6.92 Å². The summed E-state index contributed by atoms with van der Waals surface area (Å²) in [5, 5.41) is 14.8. The van der Waals surface area contributed by atoms with E-state index in [1.54, 1.807) is 26.0 Å². The van der Waals surface area contributed by atoms with Crippen molar-refractivity contribution in [3.8, 4) is 5.75 Å². The van der Waals surface area contributed by atoms with Gasteiger partial charge < -0.3 is 4.74 Å². The van der Waals surface area contributed by atoms with Gasteiger partial charge in [-0.3, -0.25) is 14.9 Å². The van der Waals surface area contributed by atoms with E-state index in [0.29, 0.717) is 16.7 Å². The standard InChI is InChI=1S/C20H24N4O6S/c1-13-8-14(2)20(15(3)9-13)31(28,29)23(4)12-19(25)22-21-11-16-6-7-18(30-5)17(10-16)24(26)27/h6-11H,12H2,1-5H3,(H,22,25). The maximum atomic E-state index is 12.9. The summed E-state index contributed by atoms with van der Waals surface area (Å²) < 4.78 is 31.7. The van der Waals surface area contributed by atoms with E-state index in [9.17, 15) is 23.3 Å². The number of sulfonamides is 1. The lowest BCUT2D eigenvalue weighted by molar-refractivity contribution is -0.385. The third kappa shape index (κ3) is 5.64. The second kappa shape index (κ2) is 9.67. The predicted molar refractivity (Wildman–Crippen MR) is 116 cm³/mol. The number of ether oxygens (including phenoxy) is 1. The van der Waals surface area contributed by atoms with Crippen molar-refractivity contribution in [1.82, 2.24) is 9.73 Å². The van der Waals surface area contributed by atoms with Crippen LogP contribution in [0.4, 0.5) is 5.69 Å². The highest BCUT2D eigenvalue weighted by Crippen LogP contribution is 2.27. The summed E-state index contributed by atoms with van der Waals surface area (Å²) in [7, 11) is -1.25. The molecule has 2 aromatic carbocycles. The number of nitro benzene ring substituents is 1. The number of carbonyl (C=O) groups is 1. The highest BCUT2D eigenvalue weighted by Gasteiger charge is 2.26. The fourth-order valence-corrected chi connectivity index (χ4v) is 4.69. The summed E-state index contributed by atoms with van der Waals surface area (Å²) in [6.07, 6.45) is 1.22. The van der Waals surface area contributed by atoms with Crippen LogP contribution in [-0.4, -0.2) is 50.5 Å². The molecule has 0 spiro atoms. The number of benzene rings is 2. The Hall–Kier alpha value is -3.31. The van der Waals surface area contributed by atoms with Crippen molar-refractivity contribution >= 4 is 27.8 Å². The molecule has 0 bridgehead atoms. The quantitative estimate of drug-likeness (QED) is 0.374. The average Bonchev–Trinajstić information content (AvgIpc) is 2.66. The zero-order valence-electron chi connectivity index (χ0n) is 17.9. The number of hydrogen-bond donors (Lipinski definition) is 1. The molecule has 0 atom stereocenters. The van der Waals surface area contributed by atoms with Gasteiger partial charge in [-0.25, -0.2) is 13.8 Å². The average molecular weight is 449 g/mol. The van der Waals surface area contributed by atoms with Crippen LogP contribution in [0.15, 0.2) is 40.3 Å². The molecule has 1 amide bonds. The van der Waals surface area contributed by atoms with Crippen LogP contribution < -0.4 is 10.2 Å². The fourth-order valence-electron chi connectivity index (χ4n) is 3.16. The first-order chi connectivity index (χ1) is 14.5. The molecule has 0 aliphatic heterocycles. The second-order valence-electron chi connectivity index (χ2n) is 6.97. The molecule has 0 unspecified atom stereocenters. The van der Waals surface area contributed by atoms with Crippen LogP contribution in [-0.2, 0) is 14.8 Å². The molecule has 31 heavy (non-hydrogen) atoms. The summed E-state index contributed by atoms with van der Waals surface area (Å²) in [4.78, 5) is 22.8. The number of likely N-dealkylation sites (N-methyl/N-ethyl adjacent to an activating group) is 1. The van der Waals surface area contributed by atoms with Gasteiger partial charge >= 0.3 is 5.69 Å². The molecule has 0 radical (unpaired) electrons. The topological polar surface area (TPSA) is 131 Å². The molecule has 0 aliphatic rings. The van der Waals surface area contributed by atoms with Crippen LogP contribution in [0.25, 0.3) is 0 Å². The van der Waals surface area contributed by atoms with Gasteiger partial charge in [0, 0.05) is 18.7 Å². The van der Waals surface area contributed by atoms with Crippen molar-refractivity contribution in [2.24, 2.45) is 5.10 Å². The van der Waals surface area contributed by atoms with Crippen molar-refractivity contribution in [2.45, 2.75) is 25.7 Å². The Kier molecular flexibility index (Phi) is 7.47. The molecule has 166 valence electrons. The molecule has 10 nitrogen and oxygen atoms in total. The van der Waals surface area contributed by atoms with Gasteiger partial charge in [0.25, 0.3) is 5.91 Å². The largest absolute Gasteiger partial charge is 0.490 e. The summed E-state index contributed by atoms with van der Waals surface area (Å²) >= 11 is 0. The number of nitro groups is 1. The first kappa shape index (κ1) is 24.0. The molecule has 0 saturated heterocycles. The lowest BCUT2D eigenvalue weighted by atomic mass is 10.1. The molecule has 0 saturated carbocycles. The van der Waals surface area contributed by atoms with E-state index < -0.39 is 27.4 Å². The van der Waals surface area contributed by atoms with Gasteiger partial charge in [0.2, 0.25) is 10.0 Å². The highest BCUT2D eigenvalue weighted by atomic mass is 32.2. The van der Waals surface area contributed by atoms with Crippen LogP contribution in [0.5, 0.6) is 5.75 Å². The number of methoxy groups -OCH3 is 1. The number of nitrogens with one attached hydrogen (secondary N) is 1. The van der Waals surface area contributed by atoms with Crippen molar-refractivity contribution in [3.63, 3.8) is 0 Å². The molecule has 11 heteroatoms. The van der Waals surface area contributed by atoms with E-state index in [0.717, 1.165) is 9.87 Å². The Balaban J connectivity index is 2.09. The SMILES string of the molecule is COc1ccc(C=NNC(=O)CN(C)S(=O)(=O)c2c(C)cc(C)cc2C)cc1[N+](=O)[O-]. The van der Waals surface area contributed by atoms with Crippen LogP contribution in [0.3, 0.4) is 0 Å². The zero-order valence-corrected chi connectivity index (χ0v) is 18.7. The Labute approximate surface area is 180 Å². The number of carbonyl (C=O) groups excluding carboxylic acids is 1. The lowest BCUT2D eigenvalue weighted by Gasteiger charge is -2.19. The molecular weight excluding hydrogens is 424 g/mol. The maximum absolute atomic E-state index is 12.9. The molecule has 2 aromatic rings. The number of nitrogens with zero attached hydrogens (tertiary/aromatic N) is 3. The highest BCUT2D eigenvalue weighted by molar-refractivity contribution is 7.89. The van der Waals surface area contributed by atoms with E-state index >= 15 is 0 Å². The van der Waals surface area contributed by atoms with E-state index in [1.165, 1.54) is 38.6 Å². The van der Waals surface area contributed by atoms with Gasteiger partial charge in [0.15, 0.2) is 5.75 Å². The van der Waals surface area contributed by atoms with E-state index in [-0.39, 0.29) is 16.3 Å². The van der Waals surface area contributed by atoms with Gasteiger partial charge in [-0.1, -0.05) is 17.7 Å². The molecule has 0 aromatic heterocycles. The number of amides is 1. The Morgan fingerprint density at radius 1 is 1.23 bits per heavy atom. The van der Waals surface area contributed by atoms with Gasteiger partial charge in [-0.05, 0) is 44.0 Å². The normalized spacial score (nSPS) is 11.7. The number of rotatable bonds is 8. The fraction of sp³-hybridized carbons (Fsp3) is 0.300. The Morgan fingerprint density at radius 3 is 2.39 bits per heavy atom. The molecule has 2 rings (SSSR count). The predicted octanol–water partition coefficient (Wildman–Crippen LogP) is 2.30. The van der Waals surface area contributed by atoms with Gasteiger partial charge in [-0.2, -0.15) is 9.41 Å². The maximum Gasteiger partial charge on any atom is 0.311 e. The van der Waals surface area contributed by atoms with Crippen molar-refractivity contribution < 1.29 is 22.9 Å². The molecule has 0 heterocycles. The number of hydrogen-bond acceptors (Lipinski definition) is 7. The Bertz CT molecular complexity index is 1120. The van der Waals surface area contributed by atoms with E-state index in [2.05, 4.69) is 10.5 Å². The first-order valence-electron chi connectivity index (χ1n) is 9.16. The van der Waals surface area contributed by atoms with Crippen LogP contribution in [0, 0.1) is 30.9 Å². The summed E-state index contributed by atoms with van der Waals surface area (Å²) in [5.41, 5.74) is 4.49. The van der Waals surface area contributed by atoms with Gasteiger partial charge in [0.05, 0.1) is 29.7 Å². The van der Waals surface area contributed by atoms with Gasteiger partial charge in [0.1, 0.15) is 0 Å². The second-order valence-corrected chi connectivity index (χ2v) is 8.95. The third-order valence-corrected chi connectivity index (χ3v) is 6.55. The minimum absolute atomic E-state index is 0.0970. The van der Waals surface area contributed by atoms with Crippen LogP contribution in [0.1, 0.15) is 22.3 Å². The van der Waals surface area contributed by atoms with E-state index in [4.69, 9.17) is 4.74 Å². The molecular formula is C20H24N4O6S. The van der Waals surface area contributed by atoms with Crippen LogP contribution in [0.2, 0.25) is 0 Å². The van der Waals surface area contributed by atoms with Crippen molar-refractivity contribution in [3.05, 3.63) is 62.7 Å². The smallest absolute Gasteiger partial charge is 0.311 e. The number of hydrazone groups is 1. The monoisotopic (exact) mass is 448 g/mol. The summed E-state index contributed by atoms with van der Waals surface area (Å²) in [6, 6.07) is 7.72. The lowest BCUT2D eigenvalue weighted by Crippen LogP contribution is -2.37. The third-order valence-electron chi connectivity index (χ3n) is 4.44. The van der Waals surface area contributed by atoms with Gasteiger partial charge in [-0.15, -0.1) is 0 Å².